The van der Waals surface area contributed by atoms with E-state index in [0.717, 1.165) is 18.4 Å². The van der Waals surface area contributed by atoms with E-state index in [2.05, 4.69) is 15.5 Å². The van der Waals surface area contributed by atoms with Gasteiger partial charge in [0.05, 0.1) is 12.1 Å². The van der Waals surface area contributed by atoms with Crippen molar-refractivity contribution >= 4 is 17.6 Å². The molecule has 2 N–H and O–H groups in total. The molecule has 1 saturated carbocycles. The molecule has 0 radical (unpaired) electrons. The van der Waals surface area contributed by atoms with E-state index in [9.17, 15) is 14.0 Å². The lowest BCUT2D eigenvalue weighted by molar-refractivity contribution is -0.129. The van der Waals surface area contributed by atoms with Crippen LogP contribution in [0.3, 0.4) is 0 Å². The number of urea groups is 1. The summed E-state index contributed by atoms with van der Waals surface area (Å²) in [6, 6.07) is 15.5. The average molecular weight is 453 g/mol. The average Bonchev–Trinajstić information content (AvgIpc) is 3.34. The van der Waals surface area contributed by atoms with Gasteiger partial charge in [0.25, 0.3) is 0 Å². The molecule has 1 aliphatic heterocycles. The van der Waals surface area contributed by atoms with Crippen LogP contribution in [0.2, 0.25) is 0 Å². The van der Waals surface area contributed by atoms with Gasteiger partial charge in [-0.1, -0.05) is 49.2 Å². The molecule has 0 bridgehead atoms. The Hall–Kier alpha value is -2.93. The summed E-state index contributed by atoms with van der Waals surface area (Å²) in [5.74, 6) is 0.0457. The summed E-state index contributed by atoms with van der Waals surface area (Å²) in [6.45, 7) is 4.38. The Bertz CT molecular complexity index is 940. The van der Waals surface area contributed by atoms with Gasteiger partial charge in [0.15, 0.2) is 0 Å². The van der Waals surface area contributed by atoms with Crippen molar-refractivity contribution in [2.24, 2.45) is 5.92 Å². The highest BCUT2D eigenvalue weighted by molar-refractivity contribution is 5.89. The Morgan fingerprint density at radius 2 is 1.67 bits per heavy atom. The molecule has 6 nitrogen and oxygen atoms in total. The second kappa shape index (κ2) is 10.8. The molecule has 1 aliphatic carbocycles. The fraction of sp³-hybridized carbons (Fsp3) is 0.462. The number of nitrogens with zero attached hydrogens (tertiary/aromatic N) is 2. The SMILES string of the molecule is C[C@H](NC(=O)[C@@H](C1CCCC1)N1CCN(C(=O)Nc2cccc(F)c2)CC1)c1ccccc1. The van der Waals surface area contributed by atoms with Crippen LogP contribution in [0.1, 0.15) is 44.2 Å². The van der Waals surface area contributed by atoms with E-state index in [-0.39, 0.29) is 29.8 Å². The van der Waals surface area contributed by atoms with E-state index in [1.807, 2.05) is 37.3 Å². The van der Waals surface area contributed by atoms with E-state index < -0.39 is 0 Å². The van der Waals surface area contributed by atoms with Gasteiger partial charge in [0.2, 0.25) is 5.91 Å². The number of carbonyl (C=O) groups is 2. The highest BCUT2D eigenvalue weighted by Crippen LogP contribution is 2.31. The van der Waals surface area contributed by atoms with Crippen LogP contribution in [-0.2, 0) is 4.79 Å². The number of halogens is 1. The standard InChI is InChI=1S/C26H33FN4O2/c1-19(20-8-3-2-4-9-20)28-25(32)24(21-10-5-6-11-21)30-14-16-31(17-15-30)26(33)29-23-13-7-12-22(27)18-23/h2-4,7-9,12-13,18-19,21,24H,5-6,10-11,14-17H2,1H3,(H,28,32)(H,29,33)/t19-,24+/m0/s1. The monoisotopic (exact) mass is 452 g/mol. The summed E-state index contributed by atoms with van der Waals surface area (Å²) >= 11 is 0. The highest BCUT2D eigenvalue weighted by Gasteiger charge is 2.37. The summed E-state index contributed by atoms with van der Waals surface area (Å²) in [7, 11) is 0. The van der Waals surface area contributed by atoms with Gasteiger partial charge >= 0.3 is 6.03 Å². The van der Waals surface area contributed by atoms with Gasteiger partial charge in [-0.25, -0.2) is 9.18 Å². The fourth-order valence-electron chi connectivity index (χ4n) is 5.05. The molecule has 4 rings (SSSR count). The molecule has 2 aliphatic rings. The number of rotatable bonds is 6. The van der Waals surface area contributed by atoms with Crippen LogP contribution in [0.5, 0.6) is 0 Å². The third-order valence-corrected chi connectivity index (χ3v) is 6.84. The van der Waals surface area contributed by atoms with Crippen molar-refractivity contribution in [3.63, 3.8) is 0 Å². The number of benzene rings is 2. The lowest BCUT2D eigenvalue weighted by Crippen LogP contribution is -2.58. The smallest absolute Gasteiger partial charge is 0.321 e. The predicted molar refractivity (Wildman–Crippen MR) is 127 cm³/mol. The van der Waals surface area contributed by atoms with Crippen molar-refractivity contribution in [3.8, 4) is 0 Å². The van der Waals surface area contributed by atoms with Gasteiger partial charge in [0.1, 0.15) is 5.82 Å². The molecule has 1 heterocycles. The highest BCUT2D eigenvalue weighted by atomic mass is 19.1. The third kappa shape index (κ3) is 5.90. The number of amides is 3. The predicted octanol–water partition coefficient (Wildman–Crippen LogP) is 4.41. The van der Waals surface area contributed by atoms with Gasteiger partial charge in [-0.2, -0.15) is 0 Å². The van der Waals surface area contributed by atoms with Crippen molar-refractivity contribution < 1.29 is 14.0 Å². The van der Waals surface area contributed by atoms with Gasteiger partial charge < -0.3 is 15.5 Å². The van der Waals surface area contributed by atoms with E-state index in [0.29, 0.717) is 37.8 Å². The van der Waals surface area contributed by atoms with Crippen molar-refractivity contribution in [1.82, 2.24) is 15.1 Å². The molecule has 3 amide bonds. The Kier molecular flexibility index (Phi) is 7.60. The van der Waals surface area contributed by atoms with Crippen LogP contribution in [0.25, 0.3) is 0 Å². The maximum Gasteiger partial charge on any atom is 0.321 e. The zero-order chi connectivity index (χ0) is 23.2. The number of nitrogens with one attached hydrogen (secondary N) is 2. The number of hydrogen-bond donors (Lipinski definition) is 2. The summed E-state index contributed by atoms with van der Waals surface area (Å²) < 4.78 is 13.4. The first-order valence-corrected chi connectivity index (χ1v) is 11.9. The molecule has 7 heteroatoms. The second-order valence-corrected chi connectivity index (χ2v) is 9.09. The normalized spacial score (nSPS) is 19.2. The molecule has 0 spiro atoms. The van der Waals surface area contributed by atoms with Gasteiger partial charge in [-0.3, -0.25) is 9.69 Å². The van der Waals surface area contributed by atoms with Crippen LogP contribution < -0.4 is 10.6 Å². The van der Waals surface area contributed by atoms with E-state index in [1.54, 1.807) is 17.0 Å². The molecule has 0 unspecified atom stereocenters. The number of anilines is 1. The lowest BCUT2D eigenvalue weighted by Gasteiger charge is -2.41. The maximum atomic E-state index is 13.4. The molecule has 33 heavy (non-hydrogen) atoms. The van der Waals surface area contributed by atoms with Crippen LogP contribution in [0.15, 0.2) is 54.6 Å². The van der Waals surface area contributed by atoms with Crippen LogP contribution >= 0.6 is 0 Å². The van der Waals surface area contributed by atoms with Crippen LogP contribution in [0, 0.1) is 11.7 Å². The van der Waals surface area contributed by atoms with E-state index in [1.165, 1.54) is 25.0 Å². The molecule has 1 saturated heterocycles. The van der Waals surface area contributed by atoms with Crippen molar-refractivity contribution in [1.29, 1.82) is 0 Å². The largest absolute Gasteiger partial charge is 0.348 e. The fourth-order valence-corrected chi connectivity index (χ4v) is 5.05. The Balaban J connectivity index is 1.37. The minimum absolute atomic E-state index is 0.0547. The molecule has 0 aromatic heterocycles. The van der Waals surface area contributed by atoms with Gasteiger partial charge in [-0.15, -0.1) is 0 Å². The molecule has 2 fully saturated rings. The number of piperazine rings is 1. The molecule has 2 atom stereocenters. The Morgan fingerprint density at radius 3 is 2.33 bits per heavy atom. The first-order valence-electron chi connectivity index (χ1n) is 11.9. The molecule has 2 aromatic rings. The van der Waals surface area contributed by atoms with Gasteiger partial charge in [0, 0.05) is 31.9 Å². The second-order valence-electron chi connectivity index (χ2n) is 9.09. The Labute approximate surface area is 195 Å². The summed E-state index contributed by atoms with van der Waals surface area (Å²) in [5.41, 5.74) is 1.54. The zero-order valence-electron chi connectivity index (χ0n) is 19.2. The zero-order valence-corrected chi connectivity index (χ0v) is 19.2. The molecule has 2 aromatic carbocycles. The summed E-state index contributed by atoms with van der Waals surface area (Å²) in [4.78, 5) is 30.0. The van der Waals surface area contributed by atoms with Crippen molar-refractivity contribution in [2.75, 3.05) is 31.5 Å². The molecule has 176 valence electrons. The topological polar surface area (TPSA) is 64.7 Å². The van der Waals surface area contributed by atoms with Crippen LogP contribution in [-0.4, -0.2) is 54.0 Å². The molecular weight excluding hydrogens is 419 g/mol. The first-order chi connectivity index (χ1) is 16.0. The third-order valence-electron chi connectivity index (χ3n) is 6.84. The van der Waals surface area contributed by atoms with E-state index >= 15 is 0 Å². The minimum atomic E-state index is -0.382. The Morgan fingerprint density at radius 1 is 0.970 bits per heavy atom. The first kappa shape index (κ1) is 23.2. The van der Waals surface area contributed by atoms with Crippen molar-refractivity contribution in [2.45, 2.75) is 44.7 Å². The lowest BCUT2D eigenvalue weighted by atomic mass is 9.94. The number of carbonyl (C=O) groups excluding carboxylic acids is 2. The molecular formula is C26H33FN4O2. The maximum absolute atomic E-state index is 13.4. The van der Waals surface area contributed by atoms with Gasteiger partial charge in [-0.05, 0) is 49.4 Å². The minimum Gasteiger partial charge on any atom is -0.348 e. The quantitative estimate of drug-likeness (QED) is 0.682. The summed E-state index contributed by atoms with van der Waals surface area (Å²) in [5, 5.41) is 6.00. The number of hydrogen-bond acceptors (Lipinski definition) is 3. The van der Waals surface area contributed by atoms with Crippen molar-refractivity contribution in [3.05, 3.63) is 66.0 Å². The van der Waals surface area contributed by atoms with E-state index in [4.69, 9.17) is 0 Å². The summed E-state index contributed by atoms with van der Waals surface area (Å²) in [6.07, 6.45) is 4.47. The van der Waals surface area contributed by atoms with Crippen LogP contribution in [0.4, 0.5) is 14.9 Å².